The van der Waals surface area contributed by atoms with Crippen LogP contribution >= 0.6 is 0 Å². The van der Waals surface area contributed by atoms with Crippen LogP contribution in [0.3, 0.4) is 0 Å². The summed E-state index contributed by atoms with van der Waals surface area (Å²) >= 11 is 0. The molecule has 2 rings (SSSR count). The number of nitrogens with one attached hydrogen (secondary N) is 3. The first kappa shape index (κ1) is 31.6. The fourth-order valence-corrected chi connectivity index (χ4v) is 4.66. The molecule has 0 bridgehead atoms. The van der Waals surface area contributed by atoms with Gasteiger partial charge in [-0.1, -0.05) is 121 Å². The van der Waals surface area contributed by atoms with Crippen LogP contribution in [0.15, 0.2) is 54.6 Å². The first-order valence-corrected chi connectivity index (χ1v) is 15.1. The van der Waals surface area contributed by atoms with Crippen LogP contribution in [0.5, 0.6) is 0 Å². The van der Waals surface area contributed by atoms with Crippen molar-refractivity contribution in [1.29, 1.82) is 0 Å². The second-order valence-corrected chi connectivity index (χ2v) is 10.5. The molecule has 2 aromatic rings. The highest BCUT2D eigenvalue weighted by Crippen LogP contribution is 2.15. The normalized spacial score (nSPS) is 11.7. The lowest BCUT2D eigenvalue weighted by Crippen LogP contribution is -2.29. The third-order valence-electron chi connectivity index (χ3n) is 7.07. The molecule has 2 amide bonds. The molecule has 0 aliphatic heterocycles. The minimum absolute atomic E-state index is 0.0646. The number of rotatable bonds is 21. The van der Waals surface area contributed by atoms with Crippen molar-refractivity contribution in [2.75, 3.05) is 18.4 Å². The summed E-state index contributed by atoms with van der Waals surface area (Å²) in [4.78, 5) is 24.8. The Hall–Kier alpha value is -2.66. The number of benzene rings is 2. The Morgan fingerprint density at radius 2 is 1.21 bits per heavy atom. The maximum atomic E-state index is 12.5. The third kappa shape index (κ3) is 14.3. The summed E-state index contributed by atoms with van der Waals surface area (Å²) in [5, 5.41) is 9.14. The first-order chi connectivity index (χ1) is 18.6. The number of amides is 2. The van der Waals surface area contributed by atoms with Crippen LogP contribution in [-0.4, -0.2) is 24.9 Å². The summed E-state index contributed by atoms with van der Waals surface area (Å²) in [6.45, 7) is 5.41. The molecule has 0 aliphatic carbocycles. The molecule has 0 aliphatic rings. The third-order valence-corrected chi connectivity index (χ3v) is 7.07. The molecule has 5 nitrogen and oxygen atoms in total. The van der Waals surface area contributed by atoms with E-state index in [9.17, 15) is 9.59 Å². The zero-order chi connectivity index (χ0) is 27.3. The average molecular weight is 522 g/mol. The predicted octanol–water partition coefficient (Wildman–Crippen LogP) is 8.19. The molecular weight excluding hydrogens is 470 g/mol. The summed E-state index contributed by atoms with van der Waals surface area (Å²) in [6.07, 6.45) is 18.9. The van der Waals surface area contributed by atoms with Gasteiger partial charge in [-0.25, -0.2) is 0 Å². The Balaban J connectivity index is 1.45. The number of carbonyl (C=O) groups is 2. The fraction of sp³-hybridized carbons (Fsp3) is 0.576. The lowest BCUT2D eigenvalue weighted by atomic mass is 10.0. The van der Waals surface area contributed by atoms with E-state index in [0.717, 1.165) is 18.5 Å². The Bertz CT molecular complexity index is 883. The van der Waals surface area contributed by atoms with Gasteiger partial charge in [0.2, 0.25) is 5.91 Å². The number of anilines is 1. The fourth-order valence-electron chi connectivity index (χ4n) is 4.66. The van der Waals surface area contributed by atoms with Gasteiger partial charge >= 0.3 is 0 Å². The van der Waals surface area contributed by atoms with Crippen LogP contribution in [0.2, 0.25) is 0 Å². The van der Waals surface area contributed by atoms with Crippen LogP contribution in [0.1, 0.15) is 126 Å². The van der Waals surface area contributed by atoms with Crippen LogP contribution in [0.4, 0.5) is 5.69 Å². The maximum Gasteiger partial charge on any atom is 0.251 e. The molecule has 5 heteroatoms. The van der Waals surface area contributed by atoms with Gasteiger partial charge in [0.25, 0.3) is 5.91 Å². The molecule has 0 spiro atoms. The van der Waals surface area contributed by atoms with Gasteiger partial charge in [0, 0.05) is 11.3 Å². The summed E-state index contributed by atoms with van der Waals surface area (Å²) in [5.74, 6) is -0.195. The van der Waals surface area contributed by atoms with Crippen LogP contribution in [-0.2, 0) is 4.79 Å². The molecule has 0 fully saturated rings. The van der Waals surface area contributed by atoms with Gasteiger partial charge in [0.15, 0.2) is 0 Å². The van der Waals surface area contributed by atoms with Gasteiger partial charge in [-0.2, -0.15) is 0 Å². The number of hydrogen-bond donors (Lipinski definition) is 3. The average Bonchev–Trinajstić information content (AvgIpc) is 2.93. The lowest BCUT2D eigenvalue weighted by molar-refractivity contribution is -0.115. The summed E-state index contributed by atoms with van der Waals surface area (Å²) in [7, 11) is 0. The van der Waals surface area contributed by atoms with E-state index in [2.05, 4.69) is 22.9 Å². The monoisotopic (exact) mass is 521 g/mol. The van der Waals surface area contributed by atoms with E-state index in [1.54, 1.807) is 24.3 Å². The van der Waals surface area contributed by atoms with Crippen LogP contribution < -0.4 is 16.0 Å². The predicted molar refractivity (Wildman–Crippen MR) is 161 cm³/mol. The Labute approximate surface area is 231 Å². The molecular formula is C33H51N3O2. The van der Waals surface area contributed by atoms with E-state index in [1.807, 2.05) is 37.3 Å². The lowest BCUT2D eigenvalue weighted by Gasteiger charge is -2.14. The van der Waals surface area contributed by atoms with Gasteiger partial charge in [-0.3, -0.25) is 9.59 Å². The minimum atomic E-state index is -0.130. The molecule has 38 heavy (non-hydrogen) atoms. The zero-order valence-corrected chi connectivity index (χ0v) is 23.9. The Morgan fingerprint density at radius 3 is 1.76 bits per heavy atom. The minimum Gasteiger partial charge on any atom is -0.346 e. The van der Waals surface area contributed by atoms with Crippen LogP contribution in [0.25, 0.3) is 0 Å². The zero-order valence-electron chi connectivity index (χ0n) is 23.9. The molecule has 1 atom stereocenters. The largest absolute Gasteiger partial charge is 0.346 e. The van der Waals surface area contributed by atoms with Crippen molar-refractivity contribution >= 4 is 17.5 Å². The second kappa shape index (κ2) is 20.3. The van der Waals surface area contributed by atoms with E-state index in [4.69, 9.17) is 0 Å². The van der Waals surface area contributed by atoms with Gasteiger partial charge in [-0.05, 0) is 49.7 Å². The molecule has 0 radical (unpaired) electrons. The summed E-state index contributed by atoms with van der Waals surface area (Å²) in [5.41, 5.74) is 2.33. The molecule has 0 saturated carbocycles. The van der Waals surface area contributed by atoms with Gasteiger partial charge in [-0.15, -0.1) is 0 Å². The molecule has 1 unspecified atom stereocenters. The summed E-state index contributed by atoms with van der Waals surface area (Å²) in [6, 6.07) is 16.8. The van der Waals surface area contributed by atoms with Crippen LogP contribution in [0, 0.1) is 0 Å². The van der Waals surface area contributed by atoms with E-state index in [-0.39, 0.29) is 17.9 Å². The Morgan fingerprint density at radius 1 is 0.684 bits per heavy atom. The Kier molecular flexibility index (Phi) is 16.9. The van der Waals surface area contributed by atoms with Crippen molar-refractivity contribution in [2.24, 2.45) is 0 Å². The van der Waals surface area contributed by atoms with Gasteiger partial charge < -0.3 is 16.0 Å². The quantitative estimate of drug-likeness (QED) is 0.145. The van der Waals surface area contributed by atoms with Crippen molar-refractivity contribution in [3.05, 3.63) is 65.7 Å². The van der Waals surface area contributed by atoms with E-state index in [1.165, 1.54) is 83.5 Å². The van der Waals surface area contributed by atoms with Crippen molar-refractivity contribution in [3.8, 4) is 0 Å². The van der Waals surface area contributed by atoms with Gasteiger partial charge in [0.05, 0.1) is 12.6 Å². The standard InChI is InChI=1S/C33H51N3O2/c1-3-4-5-6-7-8-9-10-11-12-13-14-15-19-26-34-27-32(37)36-31-24-22-30(23-25-31)33(38)35-28(2)29-20-17-16-18-21-29/h16-18,20-25,28,34H,3-15,19,26-27H2,1-2H3,(H,35,38)(H,36,37). The maximum absolute atomic E-state index is 12.5. The van der Waals surface area contributed by atoms with E-state index in [0.29, 0.717) is 17.8 Å². The second-order valence-electron chi connectivity index (χ2n) is 10.5. The van der Waals surface area contributed by atoms with E-state index >= 15 is 0 Å². The van der Waals surface area contributed by atoms with Crippen molar-refractivity contribution in [3.63, 3.8) is 0 Å². The van der Waals surface area contributed by atoms with E-state index < -0.39 is 0 Å². The highest BCUT2D eigenvalue weighted by Gasteiger charge is 2.11. The topological polar surface area (TPSA) is 70.2 Å². The molecule has 0 aromatic heterocycles. The van der Waals surface area contributed by atoms with Crippen molar-refractivity contribution in [2.45, 2.75) is 110 Å². The smallest absolute Gasteiger partial charge is 0.251 e. The molecule has 210 valence electrons. The number of hydrogen-bond acceptors (Lipinski definition) is 3. The van der Waals surface area contributed by atoms with Gasteiger partial charge in [0.1, 0.15) is 0 Å². The highest BCUT2D eigenvalue weighted by atomic mass is 16.2. The SMILES string of the molecule is CCCCCCCCCCCCCCCCNCC(=O)Nc1ccc(C(=O)NC(C)c2ccccc2)cc1. The first-order valence-electron chi connectivity index (χ1n) is 15.1. The van der Waals surface area contributed by atoms with Crippen molar-refractivity contribution < 1.29 is 9.59 Å². The molecule has 2 aromatic carbocycles. The molecule has 0 heterocycles. The van der Waals surface area contributed by atoms with Crippen molar-refractivity contribution in [1.82, 2.24) is 10.6 Å². The number of unbranched alkanes of at least 4 members (excludes halogenated alkanes) is 13. The summed E-state index contributed by atoms with van der Waals surface area (Å²) < 4.78 is 0. The molecule has 0 saturated heterocycles. The number of carbonyl (C=O) groups excluding carboxylic acids is 2. The highest BCUT2D eigenvalue weighted by molar-refractivity contribution is 5.96. The molecule has 3 N–H and O–H groups in total.